The molecule has 0 fully saturated rings. The highest BCUT2D eigenvalue weighted by Gasteiger charge is 2.09. The average molecular weight is 278 g/mol. The normalized spacial score (nSPS) is 9.90. The summed E-state index contributed by atoms with van der Waals surface area (Å²) in [6.07, 6.45) is 1.23. The van der Waals surface area contributed by atoms with Crippen LogP contribution in [0.3, 0.4) is 0 Å². The van der Waals surface area contributed by atoms with E-state index < -0.39 is 0 Å². The molecule has 0 aliphatic heterocycles. The lowest BCUT2D eigenvalue weighted by Gasteiger charge is -2.17. The second-order valence-corrected chi connectivity index (χ2v) is 5.04. The Bertz CT molecular complexity index is 627. The Morgan fingerprint density at radius 3 is 2.33 bits per heavy atom. The van der Waals surface area contributed by atoms with Gasteiger partial charge in [0, 0.05) is 13.6 Å². The molecule has 0 aromatic heterocycles. The van der Waals surface area contributed by atoms with Crippen LogP contribution in [0.5, 0.6) is 0 Å². The average Bonchev–Trinajstić information content (AvgIpc) is 2.54. The van der Waals surface area contributed by atoms with Crippen LogP contribution < -0.4 is 0 Å². The molecule has 0 unspecified atom stereocenters. The van der Waals surface area contributed by atoms with E-state index >= 15 is 0 Å². The molecule has 0 aliphatic rings. The molecule has 0 bridgehead atoms. The molecule has 21 heavy (non-hydrogen) atoms. The molecular weight excluding hydrogens is 260 g/mol. The maximum atomic E-state index is 12.1. The minimum atomic E-state index is 0.0932. The quantitative estimate of drug-likeness (QED) is 0.844. The van der Waals surface area contributed by atoms with Gasteiger partial charge < -0.3 is 4.90 Å². The Balaban J connectivity index is 1.86. The molecule has 106 valence electrons. The SMILES string of the molecule is CN(CCc1ccccc1)C(=O)Cc1ccc(C#N)cc1. The van der Waals surface area contributed by atoms with Gasteiger partial charge in [0.2, 0.25) is 5.91 Å². The summed E-state index contributed by atoms with van der Waals surface area (Å²) in [5, 5.41) is 8.75. The van der Waals surface area contributed by atoms with Crippen LogP contribution in [0.1, 0.15) is 16.7 Å². The van der Waals surface area contributed by atoms with Gasteiger partial charge >= 0.3 is 0 Å². The van der Waals surface area contributed by atoms with Crippen LogP contribution in [0.15, 0.2) is 54.6 Å². The third kappa shape index (κ3) is 4.47. The summed E-state index contributed by atoms with van der Waals surface area (Å²) in [6, 6.07) is 19.4. The van der Waals surface area contributed by atoms with Crippen molar-refractivity contribution in [1.82, 2.24) is 4.90 Å². The van der Waals surface area contributed by atoms with E-state index in [-0.39, 0.29) is 5.91 Å². The third-order valence-electron chi connectivity index (χ3n) is 3.44. The lowest BCUT2D eigenvalue weighted by atomic mass is 10.1. The molecular formula is C18H18N2O. The van der Waals surface area contributed by atoms with E-state index in [1.165, 1.54) is 5.56 Å². The van der Waals surface area contributed by atoms with Gasteiger partial charge in [-0.3, -0.25) is 4.79 Å². The molecule has 0 atom stereocenters. The fraction of sp³-hybridized carbons (Fsp3) is 0.222. The number of hydrogen-bond donors (Lipinski definition) is 0. The predicted octanol–water partition coefficient (Wildman–Crippen LogP) is 2.80. The van der Waals surface area contributed by atoms with Crippen molar-refractivity contribution in [2.75, 3.05) is 13.6 Å². The molecule has 0 heterocycles. The molecule has 3 heteroatoms. The van der Waals surface area contributed by atoms with Gasteiger partial charge in [-0.1, -0.05) is 42.5 Å². The highest BCUT2D eigenvalue weighted by Crippen LogP contribution is 2.06. The molecule has 2 rings (SSSR count). The van der Waals surface area contributed by atoms with Crippen molar-refractivity contribution in [3.05, 3.63) is 71.3 Å². The molecule has 0 aliphatic carbocycles. The topological polar surface area (TPSA) is 44.1 Å². The first-order valence-electron chi connectivity index (χ1n) is 6.96. The monoisotopic (exact) mass is 278 g/mol. The van der Waals surface area contributed by atoms with Crippen molar-refractivity contribution in [2.24, 2.45) is 0 Å². The number of carbonyl (C=O) groups excluding carboxylic acids is 1. The number of hydrogen-bond acceptors (Lipinski definition) is 2. The largest absolute Gasteiger partial charge is 0.345 e. The molecule has 0 spiro atoms. The zero-order chi connectivity index (χ0) is 15.1. The number of carbonyl (C=O) groups is 1. The summed E-state index contributed by atoms with van der Waals surface area (Å²) in [5.41, 5.74) is 2.78. The van der Waals surface area contributed by atoms with Gasteiger partial charge in [-0.2, -0.15) is 5.26 Å². The zero-order valence-corrected chi connectivity index (χ0v) is 12.1. The molecule has 1 amide bonds. The van der Waals surface area contributed by atoms with Gasteiger partial charge in [0.1, 0.15) is 0 Å². The summed E-state index contributed by atoms with van der Waals surface area (Å²) in [7, 11) is 1.83. The van der Waals surface area contributed by atoms with Crippen molar-refractivity contribution >= 4 is 5.91 Å². The second kappa shape index (κ2) is 7.25. The Morgan fingerprint density at radius 2 is 1.71 bits per heavy atom. The second-order valence-electron chi connectivity index (χ2n) is 5.04. The van der Waals surface area contributed by atoms with Crippen molar-refractivity contribution in [3.8, 4) is 6.07 Å². The van der Waals surface area contributed by atoms with Crippen molar-refractivity contribution in [2.45, 2.75) is 12.8 Å². The molecule has 2 aromatic rings. The summed E-state index contributed by atoms with van der Waals surface area (Å²) in [4.78, 5) is 13.9. The van der Waals surface area contributed by atoms with Crippen LogP contribution in [0.2, 0.25) is 0 Å². The predicted molar refractivity (Wildman–Crippen MR) is 82.6 cm³/mol. The van der Waals surface area contributed by atoms with Gasteiger partial charge in [0.25, 0.3) is 0 Å². The number of likely N-dealkylation sites (N-methyl/N-ethyl adjacent to an activating group) is 1. The summed E-state index contributed by atoms with van der Waals surface area (Å²) in [5.74, 6) is 0.0932. The van der Waals surface area contributed by atoms with E-state index in [1.54, 1.807) is 17.0 Å². The first-order chi connectivity index (χ1) is 10.2. The van der Waals surface area contributed by atoms with Gasteiger partial charge in [-0.15, -0.1) is 0 Å². The van der Waals surface area contributed by atoms with E-state index in [0.717, 1.165) is 12.0 Å². The summed E-state index contributed by atoms with van der Waals surface area (Å²) >= 11 is 0. The molecule has 0 saturated carbocycles. The highest BCUT2D eigenvalue weighted by molar-refractivity contribution is 5.78. The number of nitriles is 1. The van der Waals surface area contributed by atoms with Gasteiger partial charge in [-0.25, -0.2) is 0 Å². The van der Waals surface area contributed by atoms with Crippen LogP contribution in [0.25, 0.3) is 0 Å². The van der Waals surface area contributed by atoms with Gasteiger partial charge in [0.15, 0.2) is 0 Å². The number of amides is 1. The van der Waals surface area contributed by atoms with E-state index in [0.29, 0.717) is 18.5 Å². The van der Waals surface area contributed by atoms with E-state index in [2.05, 4.69) is 18.2 Å². The number of rotatable bonds is 5. The maximum absolute atomic E-state index is 12.1. The van der Waals surface area contributed by atoms with Crippen LogP contribution >= 0.6 is 0 Å². The zero-order valence-electron chi connectivity index (χ0n) is 12.1. The molecule has 0 radical (unpaired) electrons. The smallest absolute Gasteiger partial charge is 0.226 e. The standard InChI is InChI=1S/C18H18N2O/c1-20(12-11-15-5-3-2-4-6-15)18(21)13-16-7-9-17(14-19)10-8-16/h2-10H,11-13H2,1H3. The van der Waals surface area contributed by atoms with Crippen molar-refractivity contribution < 1.29 is 4.79 Å². The van der Waals surface area contributed by atoms with Crippen LogP contribution in [-0.2, 0) is 17.6 Å². The first kappa shape index (κ1) is 14.8. The molecule has 0 saturated heterocycles. The Labute approximate surface area is 125 Å². The Kier molecular flexibility index (Phi) is 5.11. The van der Waals surface area contributed by atoms with Crippen molar-refractivity contribution in [3.63, 3.8) is 0 Å². The van der Waals surface area contributed by atoms with Crippen LogP contribution in [0.4, 0.5) is 0 Å². The highest BCUT2D eigenvalue weighted by atomic mass is 16.2. The van der Waals surface area contributed by atoms with Crippen LogP contribution in [0, 0.1) is 11.3 Å². The number of nitrogens with zero attached hydrogens (tertiary/aromatic N) is 2. The molecule has 3 nitrogen and oxygen atoms in total. The number of benzene rings is 2. The molecule has 2 aromatic carbocycles. The Hall–Kier alpha value is -2.60. The lowest BCUT2D eigenvalue weighted by Crippen LogP contribution is -2.30. The fourth-order valence-corrected chi connectivity index (χ4v) is 2.07. The van der Waals surface area contributed by atoms with E-state index in [4.69, 9.17) is 5.26 Å². The third-order valence-corrected chi connectivity index (χ3v) is 3.44. The summed E-state index contributed by atoms with van der Waals surface area (Å²) in [6.45, 7) is 0.707. The summed E-state index contributed by atoms with van der Waals surface area (Å²) < 4.78 is 0. The minimum absolute atomic E-state index is 0.0932. The van der Waals surface area contributed by atoms with Gasteiger partial charge in [-0.05, 0) is 29.7 Å². The maximum Gasteiger partial charge on any atom is 0.226 e. The first-order valence-corrected chi connectivity index (χ1v) is 6.96. The molecule has 0 N–H and O–H groups in total. The Morgan fingerprint density at radius 1 is 1.05 bits per heavy atom. The van der Waals surface area contributed by atoms with Crippen LogP contribution in [-0.4, -0.2) is 24.4 Å². The van der Waals surface area contributed by atoms with E-state index in [1.807, 2.05) is 37.4 Å². The minimum Gasteiger partial charge on any atom is -0.345 e. The van der Waals surface area contributed by atoms with Crippen molar-refractivity contribution in [1.29, 1.82) is 5.26 Å². The van der Waals surface area contributed by atoms with E-state index in [9.17, 15) is 4.79 Å². The lowest BCUT2D eigenvalue weighted by molar-refractivity contribution is -0.129. The van der Waals surface area contributed by atoms with Gasteiger partial charge in [0.05, 0.1) is 18.1 Å². The fourth-order valence-electron chi connectivity index (χ4n) is 2.07.